The van der Waals surface area contributed by atoms with Gasteiger partial charge in [-0.3, -0.25) is 0 Å². The van der Waals surface area contributed by atoms with Crippen molar-refractivity contribution in [2.75, 3.05) is 0 Å². The molecule has 2 rings (SSSR count). The highest BCUT2D eigenvalue weighted by Crippen LogP contribution is 2.07. The minimum Gasteiger partial charge on any atom is -0.478 e. The van der Waals surface area contributed by atoms with E-state index in [1.54, 1.807) is 36.4 Å². The summed E-state index contributed by atoms with van der Waals surface area (Å²) in [6, 6.07) is 13.4. The summed E-state index contributed by atoms with van der Waals surface area (Å²) in [5.74, 6) is -1.91. The fourth-order valence-electron chi connectivity index (χ4n) is 1.98. The van der Waals surface area contributed by atoms with Crippen LogP contribution >= 0.6 is 0 Å². The fourth-order valence-corrected chi connectivity index (χ4v) is 1.98. The Hall–Kier alpha value is -2.66. The Morgan fingerprint density at radius 1 is 0.810 bits per heavy atom. The number of carboxylic acids is 2. The first-order chi connectivity index (χ1) is 10.1. The van der Waals surface area contributed by atoms with Crippen LogP contribution in [-0.2, 0) is 13.1 Å². The monoisotopic (exact) mass is 285 g/mol. The van der Waals surface area contributed by atoms with Crippen molar-refractivity contribution < 1.29 is 19.8 Å². The van der Waals surface area contributed by atoms with Crippen molar-refractivity contribution in [3.8, 4) is 0 Å². The van der Waals surface area contributed by atoms with Crippen molar-refractivity contribution in [2.45, 2.75) is 13.1 Å². The minimum atomic E-state index is -0.953. The van der Waals surface area contributed by atoms with E-state index in [0.29, 0.717) is 13.1 Å². The van der Waals surface area contributed by atoms with Gasteiger partial charge in [0.25, 0.3) is 0 Å². The van der Waals surface area contributed by atoms with E-state index in [0.717, 1.165) is 11.1 Å². The van der Waals surface area contributed by atoms with Crippen LogP contribution in [0.25, 0.3) is 0 Å². The molecule has 0 radical (unpaired) electrons. The molecule has 0 atom stereocenters. The van der Waals surface area contributed by atoms with Gasteiger partial charge < -0.3 is 15.5 Å². The standard InChI is InChI=1S/C16H15NO4/c18-15(19)13-5-1-3-11(7-13)9-17-10-12-4-2-6-14(8-12)16(20)21/h1-8,17H,9-10H2,(H,18,19)(H,20,21). The molecule has 0 saturated carbocycles. The molecule has 0 amide bonds. The van der Waals surface area contributed by atoms with Crippen molar-refractivity contribution in [3.63, 3.8) is 0 Å². The molecule has 2 aromatic carbocycles. The Morgan fingerprint density at radius 3 is 1.62 bits per heavy atom. The number of carbonyl (C=O) groups is 2. The molecule has 0 saturated heterocycles. The number of nitrogens with one attached hydrogen (secondary N) is 1. The Balaban J connectivity index is 1.95. The third kappa shape index (κ3) is 4.15. The first-order valence-electron chi connectivity index (χ1n) is 6.41. The molecule has 0 aliphatic carbocycles. The molecule has 5 heteroatoms. The maximum atomic E-state index is 10.9. The molecule has 0 spiro atoms. The second-order valence-electron chi connectivity index (χ2n) is 4.61. The van der Waals surface area contributed by atoms with Gasteiger partial charge in [-0.15, -0.1) is 0 Å². The van der Waals surface area contributed by atoms with Crippen LogP contribution in [0.15, 0.2) is 48.5 Å². The third-order valence-corrected chi connectivity index (χ3v) is 3.01. The van der Waals surface area contributed by atoms with Crippen molar-refractivity contribution in [2.24, 2.45) is 0 Å². The molecule has 0 aliphatic heterocycles. The Bertz CT molecular complexity index is 609. The lowest BCUT2D eigenvalue weighted by atomic mass is 10.1. The Morgan fingerprint density at radius 2 is 1.24 bits per heavy atom. The lowest BCUT2D eigenvalue weighted by molar-refractivity contribution is 0.0686. The molecule has 21 heavy (non-hydrogen) atoms. The van der Waals surface area contributed by atoms with E-state index >= 15 is 0 Å². The van der Waals surface area contributed by atoms with Gasteiger partial charge in [-0.1, -0.05) is 24.3 Å². The molecular formula is C16H15NO4. The molecule has 0 aliphatic rings. The smallest absolute Gasteiger partial charge is 0.335 e. The van der Waals surface area contributed by atoms with Crippen LogP contribution in [0.5, 0.6) is 0 Å². The summed E-state index contributed by atoms with van der Waals surface area (Å²) < 4.78 is 0. The van der Waals surface area contributed by atoms with Crippen molar-refractivity contribution in [1.29, 1.82) is 0 Å². The normalized spacial score (nSPS) is 10.3. The second-order valence-corrected chi connectivity index (χ2v) is 4.61. The molecule has 108 valence electrons. The molecule has 0 fully saturated rings. The van der Waals surface area contributed by atoms with Crippen LogP contribution in [0, 0.1) is 0 Å². The van der Waals surface area contributed by atoms with Gasteiger partial charge in [0.15, 0.2) is 0 Å². The summed E-state index contributed by atoms with van der Waals surface area (Å²) in [4.78, 5) is 21.7. The van der Waals surface area contributed by atoms with Gasteiger partial charge in [-0.05, 0) is 35.4 Å². The summed E-state index contributed by atoms with van der Waals surface area (Å²) in [6.45, 7) is 1.02. The zero-order valence-electron chi connectivity index (χ0n) is 11.2. The summed E-state index contributed by atoms with van der Waals surface area (Å²) in [7, 11) is 0. The van der Waals surface area contributed by atoms with Crippen molar-refractivity contribution >= 4 is 11.9 Å². The van der Waals surface area contributed by atoms with E-state index in [-0.39, 0.29) is 11.1 Å². The van der Waals surface area contributed by atoms with Crippen LogP contribution in [-0.4, -0.2) is 22.2 Å². The van der Waals surface area contributed by atoms with Crippen LogP contribution < -0.4 is 5.32 Å². The highest BCUT2D eigenvalue weighted by molar-refractivity contribution is 5.88. The number of rotatable bonds is 6. The van der Waals surface area contributed by atoms with Crippen LogP contribution in [0.1, 0.15) is 31.8 Å². The van der Waals surface area contributed by atoms with Gasteiger partial charge in [-0.2, -0.15) is 0 Å². The lowest BCUT2D eigenvalue weighted by Gasteiger charge is -2.07. The van der Waals surface area contributed by atoms with E-state index in [4.69, 9.17) is 10.2 Å². The van der Waals surface area contributed by atoms with Gasteiger partial charge in [0.05, 0.1) is 11.1 Å². The maximum Gasteiger partial charge on any atom is 0.335 e. The first kappa shape index (κ1) is 14.7. The van der Waals surface area contributed by atoms with Crippen molar-refractivity contribution in [3.05, 3.63) is 70.8 Å². The average molecular weight is 285 g/mol. The number of benzene rings is 2. The van der Waals surface area contributed by atoms with Crippen LogP contribution in [0.4, 0.5) is 0 Å². The molecule has 5 nitrogen and oxygen atoms in total. The van der Waals surface area contributed by atoms with E-state index in [9.17, 15) is 9.59 Å². The maximum absolute atomic E-state index is 10.9. The average Bonchev–Trinajstić information content (AvgIpc) is 2.48. The fraction of sp³-hybridized carbons (Fsp3) is 0.125. The SMILES string of the molecule is O=C(O)c1cccc(CNCc2cccc(C(=O)O)c2)c1. The Kier molecular flexibility index (Phi) is 4.68. The zero-order valence-corrected chi connectivity index (χ0v) is 11.2. The van der Waals surface area contributed by atoms with E-state index in [1.165, 1.54) is 0 Å². The molecule has 0 aromatic heterocycles. The molecule has 3 N–H and O–H groups in total. The number of carboxylic acid groups (broad SMARTS) is 2. The van der Waals surface area contributed by atoms with Gasteiger partial charge in [-0.25, -0.2) is 9.59 Å². The van der Waals surface area contributed by atoms with Crippen LogP contribution in [0.3, 0.4) is 0 Å². The minimum absolute atomic E-state index is 0.252. The number of aromatic carboxylic acids is 2. The van der Waals surface area contributed by atoms with Crippen molar-refractivity contribution in [1.82, 2.24) is 5.32 Å². The molecular weight excluding hydrogens is 270 g/mol. The summed E-state index contributed by atoms with van der Waals surface area (Å²) in [5, 5.41) is 21.0. The van der Waals surface area contributed by atoms with E-state index < -0.39 is 11.9 Å². The van der Waals surface area contributed by atoms with E-state index in [1.807, 2.05) is 12.1 Å². The number of hydrogen-bond acceptors (Lipinski definition) is 3. The molecule has 0 bridgehead atoms. The highest BCUT2D eigenvalue weighted by Gasteiger charge is 2.04. The quantitative estimate of drug-likeness (QED) is 0.758. The second kappa shape index (κ2) is 6.67. The third-order valence-electron chi connectivity index (χ3n) is 3.01. The zero-order chi connectivity index (χ0) is 15.2. The highest BCUT2D eigenvalue weighted by atomic mass is 16.4. The topological polar surface area (TPSA) is 86.6 Å². The molecule has 0 heterocycles. The summed E-state index contributed by atoms with van der Waals surface area (Å²) in [5.41, 5.74) is 2.23. The van der Waals surface area contributed by atoms with E-state index in [2.05, 4.69) is 5.32 Å². The molecule has 2 aromatic rings. The largest absolute Gasteiger partial charge is 0.478 e. The predicted molar refractivity (Wildman–Crippen MR) is 77.3 cm³/mol. The first-order valence-corrected chi connectivity index (χ1v) is 6.41. The summed E-state index contributed by atoms with van der Waals surface area (Å²) in [6.07, 6.45) is 0. The predicted octanol–water partition coefficient (Wildman–Crippen LogP) is 2.37. The van der Waals surface area contributed by atoms with Gasteiger partial charge in [0.2, 0.25) is 0 Å². The summed E-state index contributed by atoms with van der Waals surface area (Å²) >= 11 is 0. The van der Waals surface area contributed by atoms with Gasteiger partial charge >= 0.3 is 11.9 Å². The number of hydrogen-bond donors (Lipinski definition) is 3. The molecule has 0 unspecified atom stereocenters. The van der Waals surface area contributed by atoms with Crippen LogP contribution in [0.2, 0.25) is 0 Å². The van der Waals surface area contributed by atoms with Gasteiger partial charge in [0.1, 0.15) is 0 Å². The van der Waals surface area contributed by atoms with Gasteiger partial charge in [0, 0.05) is 13.1 Å². The lowest BCUT2D eigenvalue weighted by Crippen LogP contribution is -2.13. The Labute approximate surface area is 121 Å².